The highest BCUT2D eigenvalue weighted by atomic mass is 19.4. The summed E-state index contributed by atoms with van der Waals surface area (Å²) in [5, 5.41) is 30.2. The molecule has 2 aliphatic rings. The summed E-state index contributed by atoms with van der Waals surface area (Å²) in [5.74, 6) is 0.315. The number of likely N-dealkylation sites (tertiary alicyclic amines) is 2. The minimum absolute atomic E-state index is 0.0123. The summed E-state index contributed by atoms with van der Waals surface area (Å²) in [5.41, 5.74) is 6.07. The van der Waals surface area contributed by atoms with Crippen molar-refractivity contribution in [1.82, 2.24) is 19.8 Å². The lowest BCUT2D eigenvalue weighted by atomic mass is 9.92. The topological polar surface area (TPSA) is 113 Å². The summed E-state index contributed by atoms with van der Waals surface area (Å²) in [7, 11) is 0. The summed E-state index contributed by atoms with van der Waals surface area (Å²) < 4.78 is 49.2. The fourth-order valence-electron chi connectivity index (χ4n) is 7.38. The predicted molar refractivity (Wildman–Crippen MR) is 192 cm³/mol. The standard InChI is InChI=1S/C41H37F3N6O2/c1-25-16-28(36(41(42,43)44)19-30(25)23-49-13-3-4-14-49)8-9-37-35(21-46)34(10-12-47-37)32-6-5-7-33(26(32)2)40-48-38-18-27(17-29(20-45)39(38)52-40)22-50-15-11-31(51)24-50/h5-10,12,16-19,31,51H,3-4,11,13-15,22-24H2,1-2H3/b9-8+/t31-/m1/s1. The number of fused-ring (bicyclic) bond motifs is 1. The highest BCUT2D eigenvalue weighted by Gasteiger charge is 2.34. The molecule has 7 rings (SSSR count). The van der Waals surface area contributed by atoms with Gasteiger partial charge in [-0.1, -0.05) is 24.3 Å². The van der Waals surface area contributed by atoms with Gasteiger partial charge < -0.3 is 9.52 Å². The van der Waals surface area contributed by atoms with Gasteiger partial charge in [0, 0.05) is 43.5 Å². The van der Waals surface area contributed by atoms with E-state index < -0.39 is 11.7 Å². The molecule has 4 heterocycles. The van der Waals surface area contributed by atoms with Crippen LogP contribution in [0.4, 0.5) is 13.2 Å². The summed E-state index contributed by atoms with van der Waals surface area (Å²) in [6, 6.07) is 18.2. The molecule has 0 radical (unpaired) electrons. The van der Waals surface area contributed by atoms with Crippen LogP contribution in [0.5, 0.6) is 0 Å². The first-order valence-corrected chi connectivity index (χ1v) is 17.4. The molecule has 2 aliphatic heterocycles. The van der Waals surface area contributed by atoms with Crippen LogP contribution < -0.4 is 0 Å². The Labute approximate surface area is 300 Å². The number of hydrogen-bond donors (Lipinski definition) is 1. The van der Waals surface area contributed by atoms with Crippen LogP contribution in [0, 0.1) is 36.5 Å². The van der Waals surface area contributed by atoms with E-state index in [4.69, 9.17) is 9.40 Å². The third kappa shape index (κ3) is 7.08. The van der Waals surface area contributed by atoms with Crippen LogP contribution >= 0.6 is 0 Å². The molecule has 1 N–H and O–H groups in total. The number of oxazole rings is 1. The van der Waals surface area contributed by atoms with Crippen molar-refractivity contribution in [3.8, 4) is 34.7 Å². The molecule has 0 saturated carbocycles. The lowest BCUT2D eigenvalue weighted by Gasteiger charge is -2.19. The first-order valence-electron chi connectivity index (χ1n) is 17.4. The van der Waals surface area contributed by atoms with Crippen molar-refractivity contribution in [2.24, 2.45) is 0 Å². The predicted octanol–water partition coefficient (Wildman–Crippen LogP) is 8.27. The molecular formula is C41H37F3N6O2. The second-order valence-electron chi connectivity index (χ2n) is 13.7. The Kier molecular flexibility index (Phi) is 9.69. The fraction of sp³-hybridized carbons (Fsp3) is 0.317. The maximum absolute atomic E-state index is 14.3. The van der Waals surface area contributed by atoms with Crippen molar-refractivity contribution in [3.63, 3.8) is 0 Å². The number of hydrogen-bond acceptors (Lipinski definition) is 8. The molecule has 8 nitrogen and oxygen atoms in total. The molecule has 1 atom stereocenters. The Morgan fingerprint density at radius 3 is 2.44 bits per heavy atom. The molecule has 11 heteroatoms. The zero-order valence-electron chi connectivity index (χ0n) is 29.0. The molecule has 0 bridgehead atoms. The number of benzene rings is 3. The highest BCUT2D eigenvalue weighted by Crippen LogP contribution is 2.38. The van der Waals surface area contributed by atoms with Gasteiger partial charge in [0.15, 0.2) is 5.58 Å². The lowest BCUT2D eigenvalue weighted by Crippen LogP contribution is -2.21. The number of nitriles is 2. The van der Waals surface area contributed by atoms with Crippen molar-refractivity contribution < 1.29 is 22.7 Å². The quantitative estimate of drug-likeness (QED) is 0.172. The number of aromatic nitrogens is 2. The maximum Gasteiger partial charge on any atom is 0.416 e. The average Bonchev–Trinajstić information content (AvgIpc) is 3.89. The van der Waals surface area contributed by atoms with E-state index in [2.05, 4.69) is 26.9 Å². The van der Waals surface area contributed by atoms with E-state index in [9.17, 15) is 28.8 Å². The van der Waals surface area contributed by atoms with Gasteiger partial charge in [-0.2, -0.15) is 23.7 Å². The minimum Gasteiger partial charge on any atom is -0.435 e. The number of rotatable bonds is 8. The number of aryl methyl sites for hydroxylation is 1. The van der Waals surface area contributed by atoms with Crippen LogP contribution in [0.25, 0.3) is 45.8 Å². The van der Waals surface area contributed by atoms with Gasteiger partial charge in [0.2, 0.25) is 5.89 Å². The van der Waals surface area contributed by atoms with E-state index in [1.54, 1.807) is 18.2 Å². The smallest absolute Gasteiger partial charge is 0.416 e. The molecule has 2 fully saturated rings. The van der Waals surface area contributed by atoms with E-state index >= 15 is 0 Å². The Bertz CT molecular complexity index is 2270. The molecule has 52 heavy (non-hydrogen) atoms. The molecule has 2 saturated heterocycles. The van der Waals surface area contributed by atoms with Crippen molar-refractivity contribution >= 4 is 23.3 Å². The summed E-state index contributed by atoms with van der Waals surface area (Å²) in [6.07, 6.45) is 2.30. The Morgan fingerprint density at radius 1 is 0.942 bits per heavy atom. The highest BCUT2D eigenvalue weighted by molar-refractivity contribution is 5.86. The second-order valence-corrected chi connectivity index (χ2v) is 13.7. The molecule has 5 aromatic rings. The molecule has 0 spiro atoms. The molecule has 0 amide bonds. The van der Waals surface area contributed by atoms with Gasteiger partial charge in [0.05, 0.1) is 28.5 Å². The van der Waals surface area contributed by atoms with Crippen molar-refractivity contribution in [2.45, 2.75) is 58.5 Å². The van der Waals surface area contributed by atoms with Gasteiger partial charge in [-0.25, -0.2) is 4.98 Å². The SMILES string of the molecule is Cc1cc(/C=C/c2nccc(-c3cccc(-c4nc5cc(CN6CC[C@@H](O)C6)cc(C#N)c5o4)c3C)c2C#N)c(C(F)(F)F)cc1CN1CCCC1. The van der Waals surface area contributed by atoms with Gasteiger partial charge in [0.25, 0.3) is 0 Å². The van der Waals surface area contributed by atoms with E-state index in [0.717, 1.165) is 49.2 Å². The first-order chi connectivity index (χ1) is 25.0. The van der Waals surface area contributed by atoms with Crippen molar-refractivity contribution in [1.29, 1.82) is 10.5 Å². The molecular weight excluding hydrogens is 665 g/mol. The molecule has 0 aliphatic carbocycles. The second kappa shape index (κ2) is 14.4. The lowest BCUT2D eigenvalue weighted by molar-refractivity contribution is -0.137. The number of aliphatic hydroxyl groups excluding tert-OH is 1. The third-order valence-corrected chi connectivity index (χ3v) is 10.1. The number of alkyl halides is 3. The zero-order chi connectivity index (χ0) is 36.6. The Morgan fingerprint density at radius 2 is 1.73 bits per heavy atom. The number of aliphatic hydroxyl groups is 1. The van der Waals surface area contributed by atoms with Crippen LogP contribution in [0.15, 0.2) is 59.1 Å². The summed E-state index contributed by atoms with van der Waals surface area (Å²) in [4.78, 5) is 13.5. The summed E-state index contributed by atoms with van der Waals surface area (Å²) >= 11 is 0. The monoisotopic (exact) mass is 702 g/mol. The largest absolute Gasteiger partial charge is 0.435 e. The zero-order valence-corrected chi connectivity index (χ0v) is 29.0. The van der Waals surface area contributed by atoms with Gasteiger partial charge >= 0.3 is 6.18 Å². The maximum atomic E-state index is 14.3. The Hall–Kier alpha value is -5.33. The Balaban J connectivity index is 1.22. The molecule has 3 aromatic carbocycles. The number of β-amino-alcohol motifs (C(OH)–C–C–N with tert-alkyl or cyclic N) is 1. The van der Waals surface area contributed by atoms with Crippen LogP contribution in [0.3, 0.4) is 0 Å². The van der Waals surface area contributed by atoms with Crippen LogP contribution in [0.2, 0.25) is 0 Å². The van der Waals surface area contributed by atoms with Crippen molar-refractivity contribution in [3.05, 3.63) is 105 Å². The molecule has 2 aromatic heterocycles. The van der Waals surface area contributed by atoms with Gasteiger partial charge in [0.1, 0.15) is 17.7 Å². The van der Waals surface area contributed by atoms with Gasteiger partial charge in [-0.3, -0.25) is 14.8 Å². The van der Waals surface area contributed by atoms with E-state index in [1.807, 2.05) is 38.1 Å². The number of pyridine rings is 1. The van der Waals surface area contributed by atoms with Crippen LogP contribution in [-0.4, -0.2) is 57.2 Å². The first kappa shape index (κ1) is 35.1. The minimum atomic E-state index is -4.56. The third-order valence-electron chi connectivity index (χ3n) is 10.1. The van der Waals surface area contributed by atoms with Gasteiger partial charge in [-0.15, -0.1) is 0 Å². The van der Waals surface area contributed by atoms with Gasteiger partial charge in [-0.05, 0) is 116 Å². The molecule has 0 unspecified atom stereocenters. The average molecular weight is 703 g/mol. The van der Waals surface area contributed by atoms with Crippen molar-refractivity contribution in [2.75, 3.05) is 26.2 Å². The summed E-state index contributed by atoms with van der Waals surface area (Å²) in [6.45, 7) is 7.89. The normalized spacial score (nSPS) is 17.0. The number of halogens is 3. The van der Waals surface area contributed by atoms with E-state index in [0.29, 0.717) is 70.9 Å². The fourth-order valence-corrected chi connectivity index (χ4v) is 7.38. The number of nitrogens with zero attached hydrogens (tertiary/aromatic N) is 6. The van der Waals surface area contributed by atoms with Crippen LogP contribution in [0.1, 0.15) is 69.5 Å². The van der Waals surface area contributed by atoms with E-state index in [-0.39, 0.29) is 22.9 Å². The molecule has 264 valence electrons. The van der Waals surface area contributed by atoms with E-state index in [1.165, 1.54) is 24.4 Å². The van der Waals surface area contributed by atoms with Crippen LogP contribution in [-0.2, 0) is 19.3 Å².